The number of aromatic nitrogens is 2. The second-order valence-electron chi connectivity index (χ2n) is 11.9. The van der Waals surface area contributed by atoms with Gasteiger partial charge in [-0.05, 0) is 100 Å². The molecule has 5 nitrogen and oxygen atoms in total. The first-order valence-corrected chi connectivity index (χ1v) is 13.2. The standard InChI is InChI=1S/C30H40N4O/c1-20(2)26-24-18-23(7-8-25(24)32-27(26)22-9-13-31-21(3)17-22)29(4,5)28(35)34-15-11-30(12-16-34)10-14-33(6)19-30/h7-9,13,17-18,20,32H,10-12,14-16,19H2,1-6H3. The number of nitrogens with zero attached hydrogens (tertiary/aromatic N) is 3. The summed E-state index contributed by atoms with van der Waals surface area (Å²) in [5.41, 5.74) is 6.71. The zero-order valence-electron chi connectivity index (χ0n) is 22.2. The molecule has 2 aliphatic rings. The second kappa shape index (κ2) is 8.77. The van der Waals surface area contributed by atoms with Crippen LogP contribution < -0.4 is 0 Å². The van der Waals surface area contributed by atoms with Crippen molar-refractivity contribution in [2.45, 2.75) is 65.2 Å². The molecule has 2 fully saturated rings. The minimum Gasteiger partial charge on any atom is -0.354 e. The fourth-order valence-electron chi connectivity index (χ4n) is 6.40. The number of benzene rings is 1. The molecule has 2 saturated heterocycles. The van der Waals surface area contributed by atoms with E-state index in [1.165, 1.54) is 30.5 Å². The molecule has 0 aliphatic carbocycles. The maximum atomic E-state index is 13.8. The molecule has 4 heterocycles. The topological polar surface area (TPSA) is 52.2 Å². The van der Waals surface area contributed by atoms with Crippen LogP contribution in [0.2, 0.25) is 0 Å². The van der Waals surface area contributed by atoms with Crippen molar-refractivity contribution >= 4 is 16.8 Å². The fourth-order valence-corrected chi connectivity index (χ4v) is 6.40. The van der Waals surface area contributed by atoms with Crippen LogP contribution in [-0.4, -0.2) is 58.9 Å². The summed E-state index contributed by atoms with van der Waals surface area (Å²) in [7, 11) is 2.22. The number of nitrogens with one attached hydrogen (secondary N) is 1. The van der Waals surface area contributed by atoms with Crippen molar-refractivity contribution in [2.24, 2.45) is 5.41 Å². The summed E-state index contributed by atoms with van der Waals surface area (Å²) in [6.07, 6.45) is 5.40. The lowest BCUT2D eigenvalue weighted by Crippen LogP contribution is -2.49. The van der Waals surface area contributed by atoms with Gasteiger partial charge in [-0.25, -0.2) is 0 Å². The maximum absolute atomic E-state index is 13.8. The summed E-state index contributed by atoms with van der Waals surface area (Å²) < 4.78 is 0. The largest absolute Gasteiger partial charge is 0.354 e. The van der Waals surface area contributed by atoms with Gasteiger partial charge in [-0.2, -0.15) is 0 Å². The molecule has 35 heavy (non-hydrogen) atoms. The number of carbonyl (C=O) groups is 1. The zero-order valence-corrected chi connectivity index (χ0v) is 22.2. The molecule has 2 aliphatic heterocycles. The van der Waals surface area contributed by atoms with Crippen molar-refractivity contribution in [1.29, 1.82) is 0 Å². The normalized spacial score (nSPS) is 18.8. The third kappa shape index (κ3) is 4.29. The molecule has 0 saturated carbocycles. The molecule has 1 aromatic carbocycles. The Morgan fingerprint density at radius 2 is 1.80 bits per heavy atom. The molecule has 0 unspecified atom stereocenters. The Kier molecular flexibility index (Phi) is 6.03. The summed E-state index contributed by atoms with van der Waals surface area (Å²) in [5.74, 6) is 0.605. The Morgan fingerprint density at radius 3 is 2.43 bits per heavy atom. The first kappa shape index (κ1) is 24.1. The molecule has 3 aromatic rings. The minimum absolute atomic E-state index is 0.254. The van der Waals surface area contributed by atoms with E-state index < -0.39 is 5.41 Å². The van der Waals surface area contributed by atoms with Gasteiger partial charge >= 0.3 is 0 Å². The Labute approximate surface area is 209 Å². The van der Waals surface area contributed by atoms with Gasteiger partial charge < -0.3 is 14.8 Å². The number of hydrogen-bond donors (Lipinski definition) is 1. The Bertz CT molecular complexity index is 1250. The van der Waals surface area contributed by atoms with Gasteiger partial charge in [0, 0.05) is 48.0 Å². The lowest BCUT2D eigenvalue weighted by atomic mass is 9.76. The Morgan fingerprint density at radius 1 is 1.09 bits per heavy atom. The minimum atomic E-state index is -0.565. The lowest BCUT2D eigenvalue weighted by molar-refractivity contribution is -0.138. The van der Waals surface area contributed by atoms with Crippen molar-refractivity contribution in [3.05, 3.63) is 53.3 Å². The number of H-pyrrole nitrogens is 1. The molecule has 1 spiro atoms. The highest BCUT2D eigenvalue weighted by Gasteiger charge is 2.42. The summed E-state index contributed by atoms with van der Waals surface area (Å²) in [4.78, 5) is 26.4. The van der Waals surface area contributed by atoms with E-state index in [9.17, 15) is 4.79 Å². The van der Waals surface area contributed by atoms with Crippen LogP contribution in [0, 0.1) is 12.3 Å². The highest BCUT2D eigenvalue weighted by molar-refractivity contribution is 5.94. The first-order chi connectivity index (χ1) is 16.6. The molecule has 0 radical (unpaired) electrons. The number of carbonyl (C=O) groups excluding carboxylic acids is 1. The third-order valence-electron chi connectivity index (χ3n) is 8.60. The van der Waals surface area contributed by atoms with Crippen molar-refractivity contribution in [3.8, 4) is 11.3 Å². The van der Waals surface area contributed by atoms with E-state index in [1.54, 1.807) is 0 Å². The summed E-state index contributed by atoms with van der Waals surface area (Å²) in [5, 5.41) is 1.22. The van der Waals surface area contributed by atoms with Crippen LogP contribution in [-0.2, 0) is 10.2 Å². The maximum Gasteiger partial charge on any atom is 0.232 e. The van der Waals surface area contributed by atoms with Crippen LogP contribution >= 0.6 is 0 Å². The average Bonchev–Trinajstić information content (AvgIpc) is 3.39. The summed E-state index contributed by atoms with van der Waals surface area (Å²) in [6.45, 7) is 14.8. The highest BCUT2D eigenvalue weighted by atomic mass is 16.2. The van der Waals surface area contributed by atoms with Crippen molar-refractivity contribution in [1.82, 2.24) is 19.8 Å². The Hall–Kier alpha value is -2.66. The molecule has 2 aromatic heterocycles. The van der Waals surface area contributed by atoms with E-state index in [4.69, 9.17) is 0 Å². The van der Waals surface area contributed by atoms with Crippen molar-refractivity contribution in [3.63, 3.8) is 0 Å². The second-order valence-corrected chi connectivity index (χ2v) is 11.9. The molecule has 0 bridgehead atoms. The fraction of sp³-hybridized carbons (Fsp3) is 0.533. The quantitative estimate of drug-likeness (QED) is 0.516. The van der Waals surface area contributed by atoms with Crippen molar-refractivity contribution in [2.75, 3.05) is 33.2 Å². The van der Waals surface area contributed by atoms with E-state index in [0.717, 1.165) is 54.0 Å². The molecule has 1 amide bonds. The number of rotatable bonds is 4. The van der Waals surface area contributed by atoms with Crippen LogP contribution in [0.5, 0.6) is 0 Å². The predicted molar refractivity (Wildman–Crippen MR) is 144 cm³/mol. The van der Waals surface area contributed by atoms with Crippen LogP contribution in [0.3, 0.4) is 0 Å². The van der Waals surface area contributed by atoms with Gasteiger partial charge in [0.2, 0.25) is 5.91 Å². The first-order valence-electron chi connectivity index (χ1n) is 13.2. The summed E-state index contributed by atoms with van der Waals surface area (Å²) >= 11 is 0. The van der Waals surface area contributed by atoms with E-state index in [1.807, 2.05) is 13.1 Å². The third-order valence-corrected chi connectivity index (χ3v) is 8.60. The number of hydrogen-bond acceptors (Lipinski definition) is 3. The van der Waals surface area contributed by atoms with Crippen LogP contribution in [0.1, 0.15) is 69.7 Å². The zero-order chi connectivity index (χ0) is 25.0. The number of piperidine rings is 1. The van der Waals surface area contributed by atoms with Crippen LogP contribution in [0.15, 0.2) is 36.5 Å². The highest BCUT2D eigenvalue weighted by Crippen LogP contribution is 2.42. The number of pyridine rings is 1. The SMILES string of the molecule is Cc1cc(-c2[nH]c3ccc(C(C)(C)C(=O)N4CCC5(CCN(C)C5)CC4)cc3c2C(C)C)ccn1. The van der Waals surface area contributed by atoms with Crippen LogP contribution in [0.25, 0.3) is 22.2 Å². The van der Waals surface area contributed by atoms with E-state index >= 15 is 0 Å². The molecule has 186 valence electrons. The predicted octanol–water partition coefficient (Wildman–Crippen LogP) is 5.88. The van der Waals surface area contributed by atoms with E-state index in [-0.39, 0.29) is 5.91 Å². The van der Waals surface area contributed by atoms with Gasteiger partial charge in [-0.1, -0.05) is 19.9 Å². The smallest absolute Gasteiger partial charge is 0.232 e. The number of aromatic amines is 1. The van der Waals surface area contributed by atoms with E-state index in [0.29, 0.717) is 11.3 Å². The van der Waals surface area contributed by atoms with Crippen molar-refractivity contribution < 1.29 is 4.79 Å². The van der Waals surface area contributed by atoms with Gasteiger partial charge in [0.25, 0.3) is 0 Å². The van der Waals surface area contributed by atoms with Gasteiger partial charge in [0.1, 0.15) is 0 Å². The molecular weight excluding hydrogens is 432 g/mol. The number of amides is 1. The van der Waals surface area contributed by atoms with Crippen LogP contribution in [0.4, 0.5) is 0 Å². The molecule has 5 rings (SSSR count). The average molecular weight is 473 g/mol. The molecule has 0 atom stereocenters. The Balaban J connectivity index is 1.45. The monoisotopic (exact) mass is 472 g/mol. The van der Waals surface area contributed by atoms with Gasteiger partial charge in [0.05, 0.1) is 11.1 Å². The summed E-state index contributed by atoms with van der Waals surface area (Å²) in [6, 6.07) is 10.8. The lowest BCUT2D eigenvalue weighted by Gasteiger charge is -2.42. The molecular formula is C30H40N4O. The molecule has 1 N–H and O–H groups in total. The van der Waals surface area contributed by atoms with E-state index in [2.05, 4.69) is 84.8 Å². The number of likely N-dealkylation sites (tertiary alicyclic amines) is 2. The number of aryl methyl sites for hydroxylation is 1. The van der Waals surface area contributed by atoms with Gasteiger partial charge in [-0.3, -0.25) is 9.78 Å². The molecule has 5 heteroatoms. The van der Waals surface area contributed by atoms with Gasteiger partial charge in [-0.15, -0.1) is 0 Å². The van der Waals surface area contributed by atoms with Gasteiger partial charge in [0.15, 0.2) is 0 Å². The number of fused-ring (bicyclic) bond motifs is 1.